The zero-order chi connectivity index (χ0) is 13.7. The largest absolute Gasteiger partial charge is 1.00 e. The Bertz CT molecular complexity index is 720. The standard InChI is InChI=1S/C17H14NO.Rb.Re.Rf/c1-9-5-13-7-14-8-16(19)11(3)12(4)17(14)18-15(13)6-10(9)2;;;/h7H2,1-4H3;;;/q-3;+1;;. The number of aliphatic imine (C=N–C) groups is 1. The van der Waals surface area contributed by atoms with Crippen molar-refractivity contribution in [2.24, 2.45) is 4.99 Å². The monoisotopic (exact) mass is 787 g/mol. The summed E-state index contributed by atoms with van der Waals surface area (Å²) in [6.45, 7) is 7.81. The van der Waals surface area contributed by atoms with Gasteiger partial charge in [0.1, 0.15) is 0 Å². The molecule has 3 rings (SSSR count). The van der Waals surface area contributed by atoms with E-state index in [0.29, 0.717) is 6.42 Å². The first kappa shape index (κ1) is 21.5. The van der Waals surface area contributed by atoms with E-state index in [4.69, 9.17) is 0 Å². The van der Waals surface area contributed by atoms with Crippen molar-refractivity contribution >= 4 is 17.2 Å². The number of Topliss-reactive ketones (excluding diaryl/α,β-unsaturated/α-hetero) is 1. The normalized spacial score (nSPS) is 15.4. The van der Waals surface area contributed by atoms with Crippen molar-refractivity contribution < 1.29 is 83.4 Å². The number of ketones is 1. The van der Waals surface area contributed by atoms with Crippen LogP contribution in [0.2, 0.25) is 0 Å². The molecule has 105 valence electrons. The van der Waals surface area contributed by atoms with Gasteiger partial charge < -0.3 is 15.9 Å². The van der Waals surface area contributed by atoms with Crippen LogP contribution in [-0.2, 0) is 31.6 Å². The van der Waals surface area contributed by atoms with Crippen LogP contribution in [0.5, 0.6) is 0 Å². The molecule has 1 aromatic carbocycles. The Morgan fingerprint density at radius 3 is 2.23 bits per heavy atom. The van der Waals surface area contributed by atoms with Crippen LogP contribution >= 0.6 is 0 Å². The van der Waals surface area contributed by atoms with E-state index in [1.165, 1.54) is 0 Å². The second-order valence-corrected chi connectivity index (χ2v) is 5.15. The van der Waals surface area contributed by atoms with Gasteiger partial charge in [0.05, 0.1) is 5.78 Å². The number of carbonyl (C=O) groups is 1. The van der Waals surface area contributed by atoms with Crippen LogP contribution in [0.25, 0.3) is 0 Å². The van der Waals surface area contributed by atoms with Crippen molar-refractivity contribution in [2.75, 3.05) is 0 Å². The van der Waals surface area contributed by atoms with Crippen LogP contribution < -0.4 is 58.2 Å². The Labute approximate surface area is 188 Å². The summed E-state index contributed by atoms with van der Waals surface area (Å²) in [6, 6.07) is 6.65. The molecule has 1 radical (unpaired) electrons. The molecule has 22 heavy (non-hydrogen) atoms. The Balaban J connectivity index is 0.00000147. The molecule has 0 saturated heterocycles. The number of rotatable bonds is 0. The van der Waals surface area contributed by atoms with Gasteiger partial charge in [0.15, 0.2) is 0 Å². The van der Waals surface area contributed by atoms with E-state index in [9.17, 15) is 4.79 Å². The third-order valence-corrected chi connectivity index (χ3v) is 3.88. The summed E-state index contributed by atoms with van der Waals surface area (Å²) in [4.78, 5) is 16.5. The average molecular weight is 787 g/mol. The van der Waals surface area contributed by atoms with E-state index in [1.807, 2.05) is 27.7 Å². The first-order chi connectivity index (χ1) is 8.97. The van der Waals surface area contributed by atoms with Crippen LogP contribution in [0.15, 0.2) is 21.7 Å². The van der Waals surface area contributed by atoms with Gasteiger partial charge in [-0.15, -0.1) is 36.6 Å². The van der Waals surface area contributed by atoms with E-state index >= 15 is 0 Å². The zero-order valence-electron chi connectivity index (χ0n) is 13.6. The molecule has 1 aliphatic heterocycles. The minimum absolute atomic E-state index is 0. The van der Waals surface area contributed by atoms with Gasteiger partial charge in [-0.1, -0.05) is 26.0 Å². The average Bonchev–Trinajstić information content (AvgIpc) is 2.37. The fourth-order valence-corrected chi connectivity index (χ4v) is 2.38. The molecule has 0 saturated carbocycles. The SMILES string of the molecule is CC1=C(C)C2=Nc3[c-]c(C)c(C)[c-]c3CC2=[C-]C1=O.[Rb+].[Re].[Rf]. The number of fused-ring (bicyclic) bond motifs is 2. The molecule has 0 fully saturated rings. The quantitative estimate of drug-likeness (QED) is 0.273. The minimum Gasteiger partial charge on any atom is -0.403 e. The second kappa shape index (κ2) is 7.86. The van der Waals surface area contributed by atoms with Gasteiger partial charge in [0.2, 0.25) is 0 Å². The molecule has 2 aliphatic rings. The molecule has 1 aromatic rings. The van der Waals surface area contributed by atoms with E-state index in [2.05, 4.69) is 23.2 Å². The molecule has 1 aliphatic carbocycles. The number of carbonyl (C=O) groups excluding carboxylic acids is 1. The molecule has 0 bridgehead atoms. The third-order valence-electron chi connectivity index (χ3n) is 3.88. The number of nitrogens with zero attached hydrogens (tertiary/aromatic N) is 1. The smallest absolute Gasteiger partial charge is 0.403 e. The summed E-state index contributed by atoms with van der Waals surface area (Å²) in [7, 11) is 0. The fraction of sp³-hybridized carbons (Fsp3) is 0.294. The Hall–Kier alpha value is -0.492. The van der Waals surface area contributed by atoms with Gasteiger partial charge in [-0.05, 0) is 0 Å². The Morgan fingerprint density at radius 2 is 1.59 bits per heavy atom. The number of hydrogen-bond donors (Lipinski definition) is 0. The fourth-order valence-electron chi connectivity index (χ4n) is 2.38. The molecular formula is C17H14NORbReRf-2. The number of benzene rings is 1. The Morgan fingerprint density at radius 1 is 1.00 bits per heavy atom. The maximum Gasteiger partial charge on any atom is 1.00 e. The van der Waals surface area contributed by atoms with Gasteiger partial charge in [0.25, 0.3) is 0 Å². The predicted octanol–water partition coefficient (Wildman–Crippen LogP) is 0.183. The van der Waals surface area contributed by atoms with Gasteiger partial charge in [-0.25, -0.2) is 5.56 Å². The molecule has 1 heterocycles. The maximum absolute atomic E-state index is 11.8. The summed E-state index contributed by atoms with van der Waals surface area (Å²) in [5, 5.41) is 0. The molecule has 0 N–H and O–H groups in total. The topological polar surface area (TPSA) is 29.4 Å². The van der Waals surface area contributed by atoms with Crippen LogP contribution in [0.4, 0.5) is 5.69 Å². The van der Waals surface area contributed by atoms with Crippen LogP contribution in [0, 0.1) is 32.1 Å². The summed E-state index contributed by atoms with van der Waals surface area (Å²) in [5.74, 6) is -0.0253. The summed E-state index contributed by atoms with van der Waals surface area (Å²) in [5.41, 5.74) is 7.48. The zero-order valence-corrected chi connectivity index (χ0v) is 27.7. The van der Waals surface area contributed by atoms with E-state index in [1.54, 1.807) is 0 Å². The first-order valence-electron chi connectivity index (χ1n) is 6.36. The van der Waals surface area contributed by atoms with E-state index in [0.717, 1.165) is 44.8 Å². The molecular weight excluding hydrogens is 773 g/mol. The van der Waals surface area contributed by atoms with Gasteiger partial charge >= 0.3 is 58.2 Å². The summed E-state index contributed by atoms with van der Waals surface area (Å²) < 4.78 is 0. The maximum atomic E-state index is 11.8. The second-order valence-electron chi connectivity index (χ2n) is 5.15. The molecule has 0 atom stereocenters. The van der Waals surface area contributed by atoms with Crippen molar-refractivity contribution in [3.63, 3.8) is 0 Å². The van der Waals surface area contributed by atoms with Crippen molar-refractivity contribution in [2.45, 2.75) is 34.1 Å². The molecule has 2 nitrogen and oxygen atoms in total. The van der Waals surface area contributed by atoms with E-state index in [-0.39, 0.29) is 84.4 Å². The number of allylic oxidation sites excluding steroid dienone is 4. The van der Waals surface area contributed by atoms with Gasteiger partial charge in [0, 0.05) is 20.4 Å². The van der Waals surface area contributed by atoms with Gasteiger partial charge in [-0.2, -0.15) is 5.69 Å². The van der Waals surface area contributed by atoms with Crippen molar-refractivity contribution in [1.29, 1.82) is 0 Å². The third kappa shape index (κ3) is 3.53. The molecule has 0 aromatic heterocycles. The van der Waals surface area contributed by atoms with Crippen molar-refractivity contribution in [3.8, 4) is 0 Å². The molecule has 0 spiro atoms. The number of aryl methyl sites for hydroxylation is 2. The number of hydrogen-bond acceptors (Lipinski definition) is 2. The predicted molar refractivity (Wildman–Crippen MR) is 74.5 cm³/mol. The van der Waals surface area contributed by atoms with Crippen LogP contribution in [-0.4, -0.2) is 11.5 Å². The molecule has 5 heteroatoms. The van der Waals surface area contributed by atoms with Crippen LogP contribution in [0.3, 0.4) is 0 Å². The van der Waals surface area contributed by atoms with Crippen molar-refractivity contribution in [1.82, 2.24) is 0 Å². The van der Waals surface area contributed by atoms with Gasteiger partial charge in [-0.3, -0.25) is 17.2 Å². The van der Waals surface area contributed by atoms with Crippen LogP contribution in [0.1, 0.15) is 30.5 Å². The first-order valence-corrected chi connectivity index (χ1v) is 6.36. The summed E-state index contributed by atoms with van der Waals surface area (Å²) >= 11 is 0. The summed E-state index contributed by atoms with van der Waals surface area (Å²) in [6.07, 6.45) is 3.60. The van der Waals surface area contributed by atoms with Crippen molar-refractivity contribution in [3.05, 3.63) is 51.6 Å². The molecule has 0 unspecified atom stereocenters. The minimum atomic E-state index is -0.0253. The van der Waals surface area contributed by atoms with E-state index < -0.39 is 0 Å². The Kier molecular flexibility index (Phi) is 7.69. The molecule has 0 amide bonds.